The van der Waals surface area contributed by atoms with Crippen molar-refractivity contribution in [3.8, 4) is 0 Å². The van der Waals surface area contributed by atoms with Crippen LogP contribution in [0.5, 0.6) is 0 Å². The maximum absolute atomic E-state index is 12.1. The summed E-state index contributed by atoms with van der Waals surface area (Å²) in [5, 5.41) is 2.77. The number of carbonyl (C=O) groups excluding carboxylic acids is 3. The van der Waals surface area contributed by atoms with Gasteiger partial charge in [0.25, 0.3) is 5.91 Å². The van der Waals surface area contributed by atoms with Crippen LogP contribution in [-0.2, 0) is 9.59 Å². The largest absolute Gasteiger partial charge is 0.342 e. The van der Waals surface area contributed by atoms with Gasteiger partial charge in [-0.2, -0.15) is 0 Å². The van der Waals surface area contributed by atoms with E-state index in [1.54, 1.807) is 4.90 Å². The Balaban J connectivity index is 1.98. The Morgan fingerprint density at radius 3 is 2.32 bits per heavy atom. The van der Waals surface area contributed by atoms with Crippen LogP contribution in [0, 0.1) is 5.92 Å². The van der Waals surface area contributed by atoms with E-state index < -0.39 is 5.54 Å². The highest BCUT2D eigenvalue weighted by Crippen LogP contribution is 2.29. The highest BCUT2D eigenvalue weighted by Gasteiger charge is 2.51. The van der Waals surface area contributed by atoms with E-state index in [1.165, 1.54) is 7.05 Å². The Labute approximate surface area is 113 Å². The summed E-state index contributed by atoms with van der Waals surface area (Å²) in [6.45, 7) is 5.09. The summed E-state index contributed by atoms with van der Waals surface area (Å²) in [5.74, 6) is 0.297. The van der Waals surface area contributed by atoms with Gasteiger partial charge in [-0.15, -0.1) is 0 Å². The molecule has 0 aromatic heterocycles. The Morgan fingerprint density at radius 2 is 1.89 bits per heavy atom. The van der Waals surface area contributed by atoms with Crippen LogP contribution in [0.3, 0.4) is 0 Å². The standard InChI is InChI=1S/C13H21N3O3/c1-9(2)8-10(17)16-6-4-13(5-7-16)11(18)15(3)12(19)14-13/h9H,4-8H2,1-3H3,(H,14,19). The fourth-order valence-corrected chi connectivity index (χ4v) is 2.71. The molecule has 4 amide bonds. The molecule has 2 saturated heterocycles. The van der Waals surface area contributed by atoms with Crippen LogP contribution in [0.25, 0.3) is 0 Å². The highest BCUT2D eigenvalue weighted by atomic mass is 16.2. The molecule has 19 heavy (non-hydrogen) atoms. The first-order chi connectivity index (χ1) is 8.85. The summed E-state index contributed by atoms with van der Waals surface area (Å²) in [4.78, 5) is 38.5. The van der Waals surface area contributed by atoms with Crippen LogP contribution < -0.4 is 5.32 Å². The number of likely N-dealkylation sites (tertiary alicyclic amines) is 1. The molecule has 2 aliphatic rings. The number of likely N-dealkylation sites (N-methyl/N-ethyl adjacent to an activating group) is 1. The Hall–Kier alpha value is -1.59. The molecular formula is C13H21N3O3. The van der Waals surface area contributed by atoms with Crippen molar-refractivity contribution in [1.82, 2.24) is 15.1 Å². The van der Waals surface area contributed by atoms with Crippen molar-refractivity contribution < 1.29 is 14.4 Å². The predicted octanol–water partition coefficient (Wildman–Crippen LogP) is 0.575. The summed E-state index contributed by atoms with van der Waals surface area (Å²) in [7, 11) is 1.49. The number of imide groups is 1. The van der Waals surface area contributed by atoms with Crippen LogP contribution in [0.15, 0.2) is 0 Å². The molecule has 2 fully saturated rings. The number of nitrogens with one attached hydrogen (secondary N) is 1. The quantitative estimate of drug-likeness (QED) is 0.744. The molecular weight excluding hydrogens is 246 g/mol. The second-order valence-corrected chi connectivity index (χ2v) is 5.86. The number of urea groups is 1. The Bertz CT molecular complexity index is 411. The van der Waals surface area contributed by atoms with Gasteiger partial charge in [0.1, 0.15) is 5.54 Å². The van der Waals surface area contributed by atoms with Crippen LogP contribution in [-0.4, -0.2) is 53.3 Å². The number of hydrogen-bond donors (Lipinski definition) is 1. The van der Waals surface area contributed by atoms with E-state index in [4.69, 9.17) is 0 Å². The van der Waals surface area contributed by atoms with E-state index in [-0.39, 0.29) is 17.8 Å². The molecule has 0 saturated carbocycles. The molecule has 0 aliphatic carbocycles. The molecule has 6 nitrogen and oxygen atoms in total. The van der Waals surface area contributed by atoms with Gasteiger partial charge in [-0.05, 0) is 18.8 Å². The molecule has 1 N–H and O–H groups in total. The van der Waals surface area contributed by atoms with Gasteiger partial charge in [0.15, 0.2) is 0 Å². The molecule has 106 valence electrons. The molecule has 0 atom stereocenters. The summed E-state index contributed by atoms with van der Waals surface area (Å²) in [6, 6.07) is -0.341. The van der Waals surface area contributed by atoms with Crippen LogP contribution in [0.2, 0.25) is 0 Å². The fourth-order valence-electron chi connectivity index (χ4n) is 2.71. The van der Waals surface area contributed by atoms with Crippen molar-refractivity contribution in [2.45, 2.75) is 38.6 Å². The van der Waals surface area contributed by atoms with Crippen LogP contribution in [0.4, 0.5) is 4.79 Å². The van der Waals surface area contributed by atoms with E-state index in [9.17, 15) is 14.4 Å². The second kappa shape index (κ2) is 4.83. The maximum atomic E-state index is 12.1. The lowest BCUT2D eigenvalue weighted by Gasteiger charge is -2.37. The Morgan fingerprint density at radius 1 is 1.32 bits per heavy atom. The lowest BCUT2D eigenvalue weighted by molar-refractivity contribution is -0.138. The van der Waals surface area contributed by atoms with Gasteiger partial charge in [-0.3, -0.25) is 14.5 Å². The SMILES string of the molecule is CC(C)CC(=O)N1CCC2(CC1)NC(=O)N(C)C2=O. The minimum atomic E-state index is -0.777. The van der Waals surface area contributed by atoms with Crippen molar-refractivity contribution in [2.75, 3.05) is 20.1 Å². The molecule has 6 heteroatoms. The number of hydrogen-bond acceptors (Lipinski definition) is 3. The van der Waals surface area contributed by atoms with Crippen molar-refractivity contribution in [1.29, 1.82) is 0 Å². The second-order valence-electron chi connectivity index (χ2n) is 5.86. The minimum absolute atomic E-state index is 0.134. The summed E-state index contributed by atoms with van der Waals surface area (Å²) < 4.78 is 0. The van der Waals surface area contributed by atoms with Gasteiger partial charge in [0.05, 0.1) is 0 Å². The number of nitrogens with zero attached hydrogens (tertiary/aromatic N) is 2. The molecule has 2 aliphatic heterocycles. The van der Waals surface area contributed by atoms with E-state index >= 15 is 0 Å². The van der Waals surface area contributed by atoms with E-state index in [1.807, 2.05) is 13.8 Å². The van der Waals surface area contributed by atoms with Gasteiger partial charge in [0.2, 0.25) is 5.91 Å². The molecule has 2 rings (SSSR count). The van der Waals surface area contributed by atoms with Crippen LogP contribution >= 0.6 is 0 Å². The molecule has 1 spiro atoms. The number of carbonyl (C=O) groups is 3. The number of piperidine rings is 1. The zero-order valence-electron chi connectivity index (χ0n) is 11.7. The third-order valence-electron chi connectivity index (χ3n) is 3.92. The molecule has 0 aromatic carbocycles. The van der Waals surface area contributed by atoms with E-state index in [0.29, 0.717) is 38.3 Å². The van der Waals surface area contributed by atoms with Crippen molar-refractivity contribution in [2.24, 2.45) is 5.92 Å². The summed E-state index contributed by atoms with van der Waals surface area (Å²) in [6.07, 6.45) is 1.55. The smallest absolute Gasteiger partial charge is 0.324 e. The predicted molar refractivity (Wildman–Crippen MR) is 69.3 cm³/mol. The Kier molecular flexibility index (Phi) is 3.52. The average molecular weight is 267 g/mol. The van der Waals surface area contributed by atoms with Gasteiger partial charge < -0.3 is 10.2 Å². The lowest BCUT2D eigenvalue weighted by atomic mass is 9.87. The van der Waals surface area contributed by atoms with Crippen molar-refractivity contribution >= 4 is 17.8 Å². The zero-order valence-corrected chi connectivity index (χ0v) is 11.7. The molecule has 0 radical (unpaired) electrons. The topological polar surface area (TPSA) is 69.7 Å². The molecule has 0 unspecified atom stereocenters. The van der Waals surface area contributed by atoms with Crippen molar-refractivity contribution in [3.05, 3.63) is 0 Å². The summed E-state index contributed by atoms with van der Waals surface area (Å²) in [5.41, 5.74) is -0.777. The summed E-state index contributed by atoms with van der Waals surface area (Å²) >= 11 is 0. The van der Waals surface area contributed by atoms with Gasteiger partial charge >= 0.3 is 6.03 Å². The third-order valence-corrected chi connectivity index (χ3v) is 3.92. The first-order valence-electron chi connectivity index (χ1n) is 6.74. The fraction of sp³-hybridized carbons (Fsp3) is 0.769. The van der Waals surface area contributed by atoms with Gasteiger partial charge in [0, 0.05) is 26.6 Å². The maximum Gasteiger partial charge on any atom is 0.324 e. The number of rotatable bonds is 2. The number of amides is 4. The third kappa shape index (κ3) is 2.43. The van der Waals surface area contributed by atoms with Gasteiger partial charge in [-0.1, -0.05) is 13.8 Å². The van der Waals surface area contributed by atoms with E-state index in [2.05, 4.69) is 5.32 Å². The first-order valence-corrected chi connectivity index (χ1v) is 6.74. The normalized spacial score (nSPS) is 22.3. The zero-order chi connectivity index (χ0) is 14.2. The molecule has 0 aromatic rings. The van der Waals surface area contributed by atoms with E-state index in [0.717, 1.165) is 4.90 Å². The minimum Gasteiger partial charge on any atom is -0.342 e. The lowest BCUT2D eigenvalue weighted by Crippen LogP contribution is -2.55. The first kappa shape index (κ1) is 13.8. The average Bonchev–Trinajstić information content (AvgIpc) is 2.54. The monoisotopic (exact) mass is 267 g/mol. The highest BCUT2D eigenvalue weighted by molar-refractivity contribution is 6.06. The molecule has 0 bridgehead atoms. The molecule has 2 heterocycles. The van der Waals surface area contributed by atoms with Crippen molar-refractivity contribution in [3.63, 3.8) is 0 Å². The van der Waals surface area contributed by atoms with Gasteiger partial charge in [-0.25, -0.2) is 4.79 Å². The van der Waals surface area contributed by atoms with Crippen LogP contribution in [0.1, 0.15) is 33.1 Å².